The highest BCUT2D eigenvalue weighted by molar-refractivity contribution is 5.91. The Morgan fingerprint density at radius 2 is 0.587 bits per heavy atom. The highest BCUT2D eigenvalue weighted by atomic mass is 19.1. The van der Waals surface area contributed by atoms with E-state index in [0.717, 1.165) is 24.3 Å². The van der Waals surface area contributed by atoms with Crippen LogP contribution in [0.15, 0.2) is 48.5 Å². The van der Waals surface area contributed by atoms with Gasteiger partial charge in [-0.3, -0.25) is 0 Å². The standard InChI is InChI=1S/C34H26F4O8/c1-13-5-17(9-21(35)25(13)31(39)40)29(18-6-14(2)26(32(41)42)22(36)10-18)30(19-7-15(3)27(33(43)44)23(37)11-19)20-8-16(4)28(34(45)46)24(38)12-20/h5-12,29-30H,1-4H3,(H,39,40)(H,41,42)(H,43,44)(H,45,46). The number of halogens is 4. The lowest BCUT2D eigenvalue weighted by Crippen LogP contribution is -2.19. The van der Waals surface area contributed by atoms with Gasteiger partial charge in [0.2, 0.25) is 0 Å². The van der Waals surface area contributed by atoms with Crippen LogP contribution in [0.2, 0.25) is 0 Å². The molecule has 0 amide bonds. The van der Waals surface area contributed by atoms with Crippen molar-refractivity contribution < 1.29 is 57.2 Å². The number of rotatable bonds is 9. The van der Waals surface area contributed by atoms with Gasteiger partial charge in [0.25, 0.3) is 0 Å². The summed E-state index contributed by atoms with van der Waals surface area (Å²) >= 11 is 0. The third kappa shape index (κ3) is 6.06. The van der Waals surface area contributed by atoms with Crippen molar-refractivity contribution in [3.05, 3.63) is 139 Å². The summed E-state index contributed by atoms with van der Waals surface area (Å²) in [6.45, 7) is 5.22. The van der Waals surface area contributed by atoms with Crippen LogP contribution < -0.4 is 0 Å². The zero-order chi connectivity index (χ0) is 34.4. The fraction of sp³-hybridized carbons (Fsp3) is 0.176. The van der Waals surface area contributed by atoms with E-state index in [1.54, 1.807) is 0 Å². The zero-order valence-corrected chi connectivity index (χ0v) is 24.7. The summed E-state index contributed by atoms with van der Waals surface area (Å²) in [5.74, 6) is -13.7. The second-order valence-electron chi connectivity index (χ2n) is 11.0. The lowest BCUT2D eigenvalue weighted by atomic mass is 9.72. The van der Waals surface area contributed by atoms with Crippen molar-refractivity contribution in [2.75, 3.05) is 0 Å². The Hall–Kier alpha value is -5.52. The average molecular weight is 639 g/mol. The SMILES string of the molecule is Cc1cc(C(c2cc(C)c(C(=O)O)c(F)c2)C(c2cc(C)c(C(=O)O)c(F)c2)c2cc(C)c(C(=O)O)c(F)c2)cc(F)c1C(=O)O. The molecule has 0 spiro atoms. The largest absolute Gasteiger partial charge is 0.478 e. The van der Waals surface area contributed by atoms with E-state index in [2.05, 4.69) is 0 Å². The first-order chi connectivity index (χ1) is 21.4. The van der Waals surface area contributed by atoms with Gasteiger partial charge in [0.1, 0.15) is 23.3 Å². The minimum atomic E-state index is -1.58. The summed E-state index contributed by atoms with van der Waals surface area (Å²) in [6.07, 6.45) is 0. The lowest BCUT2D eigenvalue weighted by molar-refractivity contribution is 0.0679. The van der Waals surface area contributed by atoms with Gasteiger partial charge < -0.3 is 20.4 Å². The molecule has 0 aliphatic rings. The van der Waals surface area contributed by atoms with Gasteiger partial charge in [0.15, 0.2) is 0 Å². The number of aryl methyl sites for hydroxylation is 4. The number of hydrogen-bond acceptors (Lipinski definition) is 4. The van der Waals surface area contributed by atoms with E-state index < -0.39 is 81.2 Å². The number of benzene rings is 4. The molecule has 0 unspecified atom stereocenters. The van der Waals surface area contributed by atoms with Crippen LogP contribution in [0.4, 0.5) is 17.6 Å². The van der Waals surface area contributed by atoms with Crippen molar-refractivity contribution in [1.29, 1.82) is 0 Å². The van der Waals surface area contributed by atoms with Gasteiger partial charge >= 0.3 is 23.9 Å². The molecule has 0 saturated carbocycles. The van der Waals surface area contributed by atoms with Crippen LogP contribution in [0, 0.1) is 51.0 Å². The molecule has 4 aromatic carbocycles. The van der Waals surface area contributed by atoms with Crippen LogP contribution in [0.1, 0.15) is 97.8 Å². The van der Waals surface area contributed by atoms with Gasteiger partial charge in [-0.1, -0.05) is 24.3 Å². The molecule has 46 heavy (non-hydrogen) atoms. The minimum Gasteiger partial charge on any atom is -0.478 e. The monoisotopic (exact) mass is 638 g/mol. The molecule has 0 saturated heterocycles. The van der Waals surface area contributed by atoms with Crippen molar-refractivity contribution in [2.24, 2.45) is 0 Å². The Morgan fingerprint density at radius 1 is 0.413 bits per heavy atom. The maximum atomic E-state index is 15.4. The van der Waals surface area contributed by atoms with E-state index >= 15 is 17.6 Å². The van der Waals surface area contributed by atoms with Crippen molar-refractivity contribution in [3.8, 4) is 0 Å². The topological polar surface area (TPSA) is 149 Å². The predicted molar refractivity (Wildman–Crippen MR) is 156 cm³/mol. The maximum Gasteiger partial charge on any atom is 0.338 e. The molecule has 0 heterocycles. The predicted octanol–water partition coefficient (Wildman–Crippen LogP) is 7.23. The Labute approximate surface area is 259 Å². The third-order valence-electron chi connectivity index (χ3n) is 7.86. The molecule has 238 valence electrons. The second kappa shape index (κ2) is 12.5. The molecule has 0 aliphatic carbocycles. The number of hydrogen-bond donors (Lipinski definition) is 4. The van der Waals surface area contributed by atoms with E-state index in [-0.39, 0.29) is 44.5 Å². The Balaban J connectivity index is 2.20. The fourth-order valence-electron chi connectivity index (χ4n) is 6.04. The molecule has 0 radical (unpaired) electrons. The summed E-state index contributed by atoms with van der Waals surface area (Å²) in [5.41, 5.74) is -2.91. The molecule has 8 nitrogen and oxygen atoms in total. The summed E-state index contributed by atoms with van der Waals surface area (Å²) in [7, 11) is 0. The highest BCUT2D eigenvalue weighted by Gasteiger charge is 2.34. The number of carbonyl (C=O) groups is 4. The molecule has 0 atom stereocenters. The third-order valence-corrected chi connectivity index (χ3v) is 7.86. The van der Waals surface area contributed by atoms with Crippen LogP contribution in [0.5, 0.6) is 0 Å². The summed E-state index contributed by atoms with van der Waals surface area (Å²) in [6, 6.07) is 8.56. The van der Waals surface area contributed by atoms with Crippen LogP contribution >= 0.6 is 0 Å². The first-order valence-electron chi connectivity index (χ1n) is 13.6. The van der Waals surface area contributed by atoms with Gasteiger partial charge in [-0.15, -0.1) is 0 Å². The molecule has 4 aromatic rings. The van der Waals surface area contributed by atoms with Gasteiger partial charge in [0, 0.05) is 11.8 Å². The quantitative estimate of drug-likeness (QED) is 0.140. The van der Waals surface area contributed by atoms with Crippen molar-refractivity contribution in [1.82, 2.24) is 0 Å². The lowest BCUT2D eigenvalue weighted by Gasteiger charge is -2.31. The molecule has 0 fully saturated rings. The van der Waals surface area contributed by atoms with Crippen LogP contribution in [0.3, 0.4) is 0 Å². The number of aromatic carboxylic acids is 4. The van der Waals surface area contributed by atoms with E-state index in [9.17, 15) is 39.6 Å². The highest BCUT2D eigenvalue weighted by Crippen LogP contribution is 2.46. The van der Waals surface area contributed by atoms with E-state index in [4.69, 9.17) is 0 Å². The van der Waals surface area contributed by atoms with Crippen molar-refractivity contribution in [3.63, 3.8) is 0 Å². The molecule has 0 aromatic heterocycles. The first kappa shape index (κ1) is 33.4. The summed E-state index contributed by atoms with van der Waals surface area (Å²) in [5, 5.41) is 38.2. The molecule has 0 bridgehead atoms. The molecule has 4 rings (SSSR count). The first-order valence-corrected chi connectivity index (χ1v) is 13.6. The summed E-state index contributed by atoms with van der Waals surface area (Å²) < 4.78 is 61.6. The van der Waals surface area contributed by atoms with Gasteiger partial charge in [-0.05, 0) is 96.5 Å². The fourth-order valence-corrected chi connectivity index (χ4v) is 6.04. The molecular weight excluding hydrogens is 612 g/mol. The van der Waals surface area contributed by atoms with Crippen LogP contribution in [-0.4, -0.2) is 44.3 Å². The zero-order valence-electron chi connectivity index (χ0n) is 24.7. The molecule has 0 aliphatic heterocycles. The Bertz CT molecular complexity index is 1590. The van der Waals surface area contributed by atoms with Crippen molar-refractivity contribution in [2.45, 2.75) is 39.5 Å². The Kier molecular flexibility index (Phi) is 9.04. The normalized spacial score (nSPS) is 11.3. The molecule has 4 N–H and O–H groups in total. The van der Waals surface area contributed by atoms with Crippen LogP contribution in [-0.2, 0) is 0 Å². The maximum absolute atomic E-state index is 15.4. The molecule has 12 heteroatoms. The number of carboxylic acids is 4. The van der Waals surface area contributed by atoms with Crippen molar-refractivity contribution >= 4 is 23.9 Å². The van der Waals surface area contributed by atoms with E-state index in [0.29, 0.717) is 0 Å². The van der Waals surface area contributed by atoms with E-state index in [1.165, 1.54) is 52.0 Å². The average Bonchev–Trinajstić information content (AvgIpc) is 2.88. The van der Waals surface area contributed by atoms with Gasteiger partial charge in [-0.2, -0.15) is 0 Å². The van der Waals surface area contributed by atoms with Crippen LogP contribution in [0.25, 0.3) is 0 Å². The smallest absolute Gasteiger partial charge is 0.338 e. The minimum absolute atomic E-state index is 0.00683. The van der Waals surface area contributed by atoms with Gasteiger partial charge in [0.05, 0.1) is 22.3 Å². The molecular formula is C34H26F4O8. The number of carboxylic acid groups (broad SMARTS) is 4. The van der Waals surface area contributed by atoms with Gasteiger partial charge in [-0.25, -0.2) is 36.7 Å². The van der Waals surface area contributed by atoms with E-state index in [1.807, 2.05) is 0 Å². The Morgan fingerprint density at radius 3 is 0.717 bits per heavy atom. The summed E-state index contributed by atoms with van der Waals surface area (Å²) in [4.78, 5) is 47.0. The second-order valence-corrected chi connectivity index (χ2v) is 11.0.